The maximum Gasteiger partial charge on any atom is 0.339 e. The number of rotatable bonds is 7. The molecule has 1 aromatic rings. The fourth-order valence-corrected chi connectivity index (χ4v) is 2.11. The van der Waals surface area contributed by atoms with Crippen LogP contribution in [-0.4, -0.2) is 33.9 Å². The van der Waals surface area contributed by atoms with Crippen molar-refractivity contribution in [1.29, 1.82) is 0 Å². The standard InChI is InChI=1S/C15H20O4Si/c1-4-9-18-14(16)12-7-5-6-8-13(12)15(17)19-10-11-20(2)3/h4-8,20H,1,9-11H2,2-3H3. The molecule has 0 radical (unpaired) electrons. The van der Waals surface area contributed by atoms with Gasteiger partial charge < -0.3 is 9.47 Å². The van der Waals surface area contributed by atoms with Crippen LogP contribution in [0.4, 0.5) is 0 Å². The summed E-state index contributed by atoms with van der Waals surface area (Å²) in [7, 11) is -0.751. The molecule has 0 aliphatic rings. The first-order chi connectivity index (χ1) is 9.56. The van der Waals surface area contributed by atoms with Crippen LogP contribution in [0.5, 0.6) is 0 Å². The summed E-state index contributed by atoms with van der Waals surface area (Å²) in [6.07, 6.45) is 1.48. The number of ether oxygens (including phenoxy) is 2. The number of hydrogen-bond donors (Lipinski definition) is 0. The molecule has 0 fully saturated rings. The molecule has 0 saturated carbocycles. The lowest BCUT2D eigenvalue weighted by Crippen LogP contribution is -2.15. The van der Waals surface area contributed by atoms with Crippen molar-refractivity contribution in [2.45, 2.75) is 19.1 Å². The molecule has 4 nitrogen and oxygen atoms in total. The fraction of sp³-hybridized carbons (Fsp3) is 0.333. The van der Waals surface area contributed by atoms with Crippen molar-refractivity contribution in [1.82, 2.24) is 0 Å². The van der Waals surface area contributed by atoms with Gasteiger partial charge in [-0.3, -0.25) is 0 Å². The molecule has 1 aromatic carbocycles. The van der Waals surface area contributed by atoms with Crippen molar-refractivity contribution in [3.8, 4) is 0 Å². The van der Waals surface area contributed by atoms with Crippen LogP contribution in [0.2, 0.25) is 19.1 Å². The van der Waals surface area contributed by atoms with E-state index in [1.807, 2.05) is 0 Å². The van der Waals surface area contributed by atoms with E-state index in [2.05, 4.69) is 19.7 Å². The molecule has 0 unspecified atom stereocenters. The van der Waals surface area contributed by atoms with Gasteiger partial charge in [-0.05, 0) is 18.2 Å². The van der Waals surface area contributed by atoms with E-state index in [-0.39, 0.29) is 17.7 Å². The van der Waals surface area contributed by atoms with Crippen molar-refractivity contribution in [2.75, 3.05) is 13.2 Å². The Morgan fingerprint density at radius 1 is 1.15 bits per heavy atom. The highest BCUT2D eigenvalue weighted by molar-refractivity contribution is 6.55. The molecule has 20 heavy (non-hydrogen) atoms. The summed E-state index contributed by atoms with van der Waals surface area (Å²) in [5.41, 5.74) is 0.466. The second-order valence-electron chi connectivity index (χ2n) is 4.75. The predicted molar refractivity (Wildman–Crippen MR) is 80.9 cm³/mol. The SMILES string of the molecule is C=CCOC(=O)c1ccccc1C(=O)OCC[SiH](C)C. The molecule has 0 saturated heterocycles. The molecule has 5 heteroatoms. The topological polar surface area (TPSA) is 52.6 Å². The van der Waals surface area contributed by atoms with E-state index in [0.29, 0.717) is 6.61 Å². The Balaban J connectivity index is 2.76. The molecule has 0 aliphatic heterocycles. The second-order valence-corrected chi connectivity index (χ2v) is 8.12. The minimum Gasteiger partial charge on any atom is -0.462 e. The molecule has 108 valence electrons. The number of benzene rings is 1. The molecule has 0 atom stereocenters. The minimum absolute atomic E-state index is 0.112. The minimum atomic E-state index is -0.751. The molecule has 0 spiro atoms. The molecule has 0 amide bonds. The van der Waals surface area contributed by atoms with E-state index in [1.54, 1.807) is 24.3 Å². The summed E-state index contributed by atoms with van der Waals surface area (Å²) >= 11 is 0. The van der Waals surface area contributed by atoms with Gasteiger partial charge >= 0.3 is 11.9 Å². The van der Waals surface area contributed by atoms with E-state index in [0.717, 1.165) is 6.04 Å². The van der Waals surface area contributed by atoms with Crippen LogP contribution in [-0.2, 0) is 9.47 Å². The third-order valence-electron chi connectivity index (χ3n) is 2.63. The van der Waals surface area contributed by atoms with Gasteiger partial charge in [0.2, 0.25) is 0 Å². The van der Waals surface area contributed by atoms with Gasteiger partial charge in [-0.2, -0.15) is 0 Å². The van der Waals surface area contributed by atoms with Gasteiger partial charge in [0, 0.05) is 8.80 Å². The van der Waals surface area contributed by atoms with E-state index in [1.165, 1.54) is 6.08 Å². The number of hydrogen-bond acceptors (Lipinski definition) is 4. The summed E-state index contributed by atoms with van der Waals surface area (Å²) < 4.78 is 10.2. The van der Waals surface area contributed by atoms with Gasteiger partial charge in [0.15, 0.2) is 0 Å². The third kappa shape index (κ3) is 5.01. The molecule has 0 aromatic heterocycles. The summed E-state index contributed by atoms with van der Waals surface area (Å²) in [6.45, 7) is 8.37. The van der Waals surface area contributed by atoms with Crippen LogP contribution >= 0.6 is 0 Å². The average molecular weight is 292 g/mol. The lowest BCUT2D eigenvalue weighted by Gasteiger charge is -2.09. The second kappa shape index (κ2) is 8.32. The first kappa shape index (κ1) is 16.2. The summed E-state index contributed by atoms with van der Waals surface area (Å²) in [6, 6.07) is 7.42. The zero-order valence-corrected chi connectivity index (χ0v) is 13.1. The summed E-state index contributed by atoms with van der Waals surface area (Å²) in [4.78, 5) is 23.8. The highest BCUT2D eigenvalue weighted by atomic mass is 28.3. The molecular formula is C15H20O4Si. The van der Waals surface area contributed by atoms with Crippen molar-refractivity contribution < 1.29 is 19.1 Å². The third-order valence-corrected chi connectivity index (χ3v) is 4.02. The Hall–Kier alpha value is -1.88. The monoisotopic (exact) mass is 292 g/mol. The van der Waals surface area contributed by atoms with E-state index in [4.69, 9.17) is 9.47 Å². The van der Waals surface area contributed by atoms with Gasteiger partial charge in [0.25, 0.3) is 0 Å². The highest BCUT2D eigenvalue weighted by Gasteiger charge is 2.18. The van der Waals surface area contributed by atoms with Gasteiger partial charge in [-0.15, -0.1) is 0 Å². The molecule has 0 heterocycles. The van der Waals surface area contributed by atoms with Crippen molar-refractivity contribution in [3.05, 3.63) is 48.0 Å². The van der Waals surface area contributed by atoms with Gasteiger partial charge in [0.1, 0.15) is 6.61 Å². The van der Waals surface area contributed by atoms with Gasteiger partial charge in [-0.25, -0.2) is 9.59 Å². The zero-order valence-electron chi connectivity index (χ0n) is 11.9. The lowest BCUT2D eigenvalue weighted by molar-refractivity contribution is 0.0489. The zero-order chi connectivity index (χ0) is 15.0. The van der Waals surface area contributed by atoms with Crippen LogP contribution in [0.25, 0.3) is 0 Å². The normalized spacial score (nSPS) is 10.2. The smallest absolute Gasteiger partial charge is 0.339 e. The van der Waals surface area contributed by atoms with Crippen LogP contribution in [0.15, 0.2) is 36.9 Å². The van der Waals surface area contributed by atoms with Crippen LogP contribution in [0.1, 0.15) is 20.7 Å². The number of carbonyl (C=O) groups is 2. The van der Waals surface area contributed by atoms with Crippen LogP contribution < -0.4 is 0 Å². The molecular weight excluding hydrogens is 272 g/mol. The first-order valence-corrected chi connectivity index (χ1v) is 9.73. The Kier molecular flexibility index (Phi) is 6.73. The largest absolute Gasteiger partial charge is 0.462 e. The average Bonchev–Trinajstić information content (AvgIpc) is 2.44. The maximum absolute atomic E-state index is 12.0. The Morgan fingerprint density at radius 3 is 2.20 bits per heavy atom. The van der Waals surface area contributed by atoms with Crippen molar-refractivity contribution >= 4 is 20.7 Å². The fourth-order valence-electron chi connectivity index (χ4n) is 1.52. The van der Waals surface area contributed by atoms with Crippen molar-refractivity contribution in [3.63, 3.8) is 0 Å². The molecule has 0 N–H and O–H groups in total. The number of esters is 2. The Morgan fingerprint density at radius 2 is 1.70 bits per heavy atom. The first-order valence-electron chi connectivity index (χ1n) is 6.60. The van der Waals surface area contributed by atoms with E-state index < -0.39 is 20.7 Å². The van der Waals surface area contributed by atoms with Crippen molar-refractivity contribution in [2.24, 2.45) is 0 Å². The molecule has 0 aliphatic carbocycles. The Bertz CT molecular complexity index is 483. The van der Waals surface area contributed by atoms with Crippen LogP contribution in [0.3, 0.4) is 0 Å². The lowest BCUT2D eigenvalue weighted by atomic mass is 10.1. The van der Waals surface area contributed by atoms with E-state index in [9.17, 15) is 9.59 Å². The summed E-state index contributed by atoms with van der Waals surface area (Å²) in [5.74, 6) is -1.03. The predicted octanol–water partition coefficient (Wildman–Crippen LogP) is 2.67. The highest BCUT2D eigenvalue weighted by Crippen LogP contribution is 2.12. The quantitative estimate of drug-likeness (QED) is 0.440. The molecule has 1 rings (SSSR count). The molecule has 0 bridgehead atoms. The van der Waals surface area contributed by atoms with Gasteiger partial charge in [0.05, 0.1) is 17.7 Å². The Labute approximate surface area is 121 Å². The van der Waals surface area contributed by atoms with Gasteiger partial charge in [-0.1, -0.05) is 37.9 Å². The summed E-state index contributed by atoms with van der Waals surface area (Å²) in [5, 5.41) is 0. The van der Waals surface area contributed by atoms with E-state index >= 15 is 0 Å². The maximum atomic E-state index is 12.0. The number of carbonyl (C=O) groups excluding carboxylic acids is 2. The van der Waals surface area contributed by atoms with Crippen LogP contribution in [0, 0.1) is 0 Å².